The molecule has 2 aliphatic heterocycles. The van der Waals surface area contributed by atoms with Gasteiger partial charge in [0.05, 0.1) is 18.1 Å². The fourth-order valence-electron chi connectivity index (χ4n) is 5.44. The monoisotopic (exact) mass is 489 g/mol. The van der Waals surface area contributed by atoms with Crippen molar-refractivity contribution in [3.05, 3.63) is 101 Å². The van der Waals surface area contributed by atoms with Gasteiger partial charge in [-0.05, 0) is 41.8 Å². The van der Waals surface area contributed by atoms with Crippen molar-refractivity contribution in [1.29, 1.82) is 0 Å². The Labute approximate surface area is 212 Å². The molecule has 3 aromatic rings. The number of β-amino-alcohol motifs (C(OH)–C–C–N with tert-alkyl or cyclic N) is 1. The smallest absolute Gasteiger partial charge is 0.234 e. The lowest BCUT2D eigenvalue weighted by molar-refractivity contribution is -0.131. The molecule has 2 aliphatic rings. The van der Waals surface area contributed by atoms with E-state index >= 15 is 0 Å². The van der Waals surface area contributed by atoms with Crippen LogP contribution < -0.4 is 4.90 Å². The quantitative estimate of drug-likeness (QED) is 0.582. The van der Waals surface area contributed by atoms with Crippen LogP contribution in [0.4, 0.5) is 5.69 Å². The van der Waals surface area contributed by atoms with E-state index in [4.69, 9.17) is 11.6 Å². The first-order chi connectivity index (χ1) is 17.1. The van der Waals surface area contributed by atoms with Crippen molar-refractivity contribution in [3.8, 4) is 0 Å². The molecule has 0 spiro atoms. The van der Waals surface area contributed by atoms with E-state index in [-0.39, 0.29) is 17.9 Å². The van der Waals surface area contributed by atoms with Crippen molar-refractivity contribution in [1.82, 2.24) is 9.80 Å². The molecule has 2 atom stereocenters. The molecule has 2 saturated heterocycles. The zero-order valence-electron chi connectivity index (χ0n) is 19.8. The van der Waals surface area contributed by atoms with Crippen molar-refractivity contribution in [3.63, 3.8) is 0 Å². The van der Waals surface area contributed by atoms with Crippen LogP contribution in [0.25, 0.3) is 0 Å². The molecule has 3 aromatic carbocycles. The van der Waals surface area contributed by atoms with E-state index in [1.807, 2.05) is 77.7 Å². The van der Waals surface area contributed by atoms with Crippen molar-refractivity contribution in [2.24, 2.45) is 0 Å². The van der Waals surface area contributed by atoms with Crippen molar-refractivity contribution < 1.29 is 9.90 Å². The van der Waals surface area contributed by atoms with Gasteiger partial charge in [-0.15, -0.1) is 0 Å². The van der Waals surface area contributed by atoms with Crippen LogP contribution in [0.5, 0.6) is 0 Å². The van der Waals surface area contributed by atoms with Gasteiger partial charge in [0.15, 0.2) is 0 Å². The van der Waals surface area contributed by atoms with Crippen molar-refractivity contribution in [2.45, 2.75) is 24.5 Å². The number of aliphatic hydroxyl groups is 1. The molecule has 1 amide bonds. The summed E-state index contributed by atoms with van der Waals surface area (Å²) in [4.78, 5) is 20.4. The van der Waals surface area contributed by atoms with E-state index in [2.05, 4.69) is 21.9 Å². The molecule has 0 radical (unpaired) electrons. The molecule has 0 bridgehead atoms. The lowest BCUT2D eigenvalue weighted by Gasteiger charge is -2.30. The largest absolute Gasteiger partial charge is 0.390 e. The zero-order valence-corrected chi connectivity index (χ0v) is 20.6. The summed E-state index contributed by atoms with van der Waals surface area (Å²) in [7, 11) is 0. The summed E-state index contributed by atoms with van der Waals surface area (Å²) in [6, 6.07) is 27.8. The Morgan fingerprint density at radius 1 is 0.800 bits per heavy atom. The molecule has 35 heavy (non-hydrogen) atoms. The van der Waals surface area contributed by atoms with Gasteiger partial charge < -0.3 is 14.9 Å². The third-order valence-corrected chi connectivity index (χ3v) is 7.53. The summed E-state index contributed by atoms with van der Waals surface area (Å²) in [6.07, 6.45) is 0.462. The number of benzene rings is 3. The van der Waals surface area contributed by atoms with Crippen molar-refractivity contribution >= 4 is 23.2 Å². The van der Waals surface area contributed by atoms with Crippen LogP contribution in [0.1, 0.15) is 23.5 Å². The van der Waals surface area contributed by atoms with E-state index in [0.29, 0.717) is 13.1 Å². The van der Waals surface area contributed by atoms with Gasteiger partial charge in [-0.1, -0.05) is 72.3 Å². The van der Waals surface area contributed by atoms with Gasteiger partial charge >= 0.3 is 0 Å². The highest BCUT2D eigenvalue weighted by atomic mass is 35.5. The molecule has 2 unspecified atom stereocenters. The van der Waals surface area contributed by atoms with Gasteiger partial charge in [0.25, 0.3) is 0 Å². The maximum atomic E-state index is 13.8. The number of nitrogens with zero attached hydrogens (tertiary/aromatic N) is 3. The molecule has 6 heteroatoms. The molecule has 5 nitrogen and oxygen atoms in total. The topological polar surface area (TPSA) is 47.0 Å². The summed E-state index contributed by atoms with van der Waals surface area (Å²) in [5.41, 5.74) is 3.14. The third kappa shape index (κ3) is 5.37. The van der Waals surface area contributed by atoms with Crippen LogP contribution in [-0.4, -0.2) is 72.2 Å². The third-order valence-electron chi connectivity index (χ3n) is 7.27. The van der Waals surface area contributed by atoms with Crippen LogP contribution in [0.15, 0.2) is 84.9 Å². The predicted octanol–water partition coefficient (Wildman–Crippen LogP) is 4.26. The van der Waals surface area contributed by atoms with Gasteiger partial charge in [-0.2, -0.15) is 0 Å². The molecule has 5 rings (SSSR count). The minimum atomic E-state index is -0.548. The lowest BCUT2D eigenvalue weighted by atomic mass is 9.90. The van der Waals surface area contributed by atoms with Crippen LogP contribution in [0, 0.1) is 0 Å². The fourth-order valence-corrected chi connectivity index (χ4v) is 5.56. The van der Waals surface area contributed by atoms with Gasteiger partial charge in [-0.25, -0.2) is 0 Å². The number of rotatable bonds is 5. The number of anilines is 1. The molecule has 2 heterocycles. The van der Waals surface area contributed by atoms with Gasteiger partial charge in [0, 0.05) is 50.0 Å². The molecular formula is C29H32ClN3O2. The number of aliphatic hydroxyl groups excluding tert-OH is 1. The second-order valence-corrected chi connectivity index (χ2v) is 9.92. The van der Waals surface area contributed by atoms with Gasteiger partial charge in [-0.3, -0.25) is 9.69 Å². The predicted molar refractivity (Wildman–Crippen MR) is 141 cm³/mol. The highest BCUT2D eigenvalue weighted by molar-refractivity contribution is 6.30. The number of hydrogen-bond acceptors (Lipinski definition) is 4. The Morgan fingerprint density at radius 2 is 1.43 bits per heavy atom. The van der Waals surface area contributed by atoms with Crippen LogP contribution >= 0.6 is 11.6 Å². The highest BCUT2D eigenvalue weighted by Gasteiger charge is 2.40. The number of carbonyl (C=O) groups is 1. The maximum Gasteiger partial charge on any atom is 0.234 e. The number of hydrogen-bond donors (Lipinski definition) is 1. The lowest BCUT2D eigenvalue weighted by Crippen LogP contribution is -2.45. The van der Waals surface area contributed by atoms with E-state index < -0.39 is 6.10 Å². The van der Waals surface area contributed by atoms with Gasteiger partial charge in [0.2, 0.25) is 5.91 Å². The molecule has 2 fully saturated rings. The summed E-state index contributed by atoms with van der Waals surface area (Å²) in [5.74, 6) is -0.311. The normalized spacial score (nSPS) is 21.3. The Bertz CT molecular complexity index is 1070. The first-order valence-electron chi connectivity index (χ1n) is 12.4. The maximum absolute atomic E-state index is 13.8. The average molecular weight is 490 g/mol. The van der Waals surface area contributed by atoms with E-state index in [0.717, 1.165) is 48.7 Å². The molecule has 1 N–H and O–H groups in total. The molecular weight excluding hydrogens is 458 g/mol. The zero-order chi connectivity index (χ0) is 24.2. The fraction of sp³-hybridized carbons (Fsp3) is 0.345. The Hall–Kier alpha value is -2.86. The number of carbonyl (C=O) groups excluding carboxylic acids is 1. The minimum absolute atomic E-state index is 0.0451. The number of amides is 1. The Kier molecular flexibility index (Phi) is 7.37. The second kappa shape index (κ2) is 10.8. The molecule has 0 aliphatic carbocycles. The SMILES string of the molecule is O=C(C(c1ccccc1)c1ccccc1)N1CC(O)C(N2CCCN(c3ccc(Cl)cc3)CC2)C1. The van der Waals surface area contributed by atoms with Gasteiger partial charge in [0.1, 0.15) is 0 Å². The highest BCUT2D eigenvalue weighted by Crippen LogP contribution is 2.30. The van der Waals surface area contributed by atoms with Crippen LogP contribution in [0.3, 0.4) is 0 Å². The van der Waals surface area contributed by atoms with Crippen LogP contribution in [0.2, 0.25) is 5.02 Å². The number of likely N-dealkylation sites (tertiary alicyclic amines) is 1. The first kappa shape index (κ1) is 23.9. The number of halogens is 1. The molecule has 0 aromatic heterocycles. The molecule has 182 valence electrons. The second-order valence-electron chi connectivity index (χ2n) is 9.49. The van der Waals surface area contributed by atoms with Crippen LogP contribution in [-0.2, 0) is 4.79 Å². The average Bonchev–Trinajstić information content (AvgIpc) is 3.11. The minimum Gasteiger partial charge on any atom is -0.390 e. The summed E-state index contributed by atoms with van der Waals surface area (Å²) in [5, 5.41) is 11.8. The summed E-state index contributed by atoms with van der Waals surface area (Å²) < 4.78 is 0. The summed E-state index contributed by atoms with van der Waals surface area (Å²) >= 11 is 6.06. The first-order valence-corrected chi connectivity index (χ1v) is 12.8. The van der Waals surface area contributed by atoms with E-state index in [1.165, 1.54) is 5.69 Å². The summed E-state index contributed by atoms with van der Waals surface area (Å²) in [6.45, 7) is 4.54. The Balaban J connectivity index is 1.29. The van der Waals surface area contributed by atoms with E-state index in [9.17, 15) is 9.90 Å². The standard InChI is InChI=1S/C29H32ClN3O2/c30-24-12-14-25(15-13-24)31-16-7-17-32(19-18-31)26-20-33(21-27(26)34)29(35)28(22-8-3-1-4-9-22)23-10-5-2-6-11-23/h1-6,8-15,26-28,34H,7,16-21H2. The van der Waals surface area contributed by atoms with E-state index in [1.54, 1.807) is 0 Å². The Morgan fingerprint density at radius 3 is 2.06 bits per heavy atom. The van der Waals surface area contributed by atoms with Crippen molar-refractivity contribution in [2.75, 3.05) is 44.2 Å². The molecule has 0 saturated carbocycles.